The zero-order valence-electron chi connectivity index (χ0n) is 14.4. The first-order valence-electron chi connectivity index (χ1n) is 8.81. The molecule has 132 valence electrons. The van der Waals surface area contributed by atoms with Gasteiger partial charge < -0.3 is 9.74 Å². The number of oxime groups is 1. The topological polar surface area (TPSA) is 45.1 Å². The third-order valence-corrected chi connectivity index (χ3v) is 5.92. The van der Waals surface area contributed by atoms with Crippen molar-refractivity contribution in [2.24, 2.45) is 11.1 Å². The fourth-order valence-electron chi connectivity index (χ4n) is 4.42. The summed E-state index contributed by atoms with van der Waals surface area (Å²) in [5.41, 5.74) is 1.99. The Balaban J connectivity index is 1.73. The molecule has 2 atom stereocenters. The van der Waals surface area contributed by atoms with Crippen LogP contribution in [0.1, 0.15) is 24.8 Å². The molecule has 6 heteroatoms. The van der Waals surface area contributed by atoms with Gasteiger partial charge in [0.05, 0.1) is 11.4 Å². The molecule has 1 fully saturated rings. The van der Waals surface area contributed by atoms with Gasteiger partial charge in [-0.05, 0) is 49.2 Å². The van der Waals surface area contributed by atoms with E-state index < -0.39 is 5.72 Å². The molecule has 2 aliphatic heterocycles. The number of hydrogen-bond donors (Lipinski definition) is 0. The van der Waals surface area contributed by atoms with E-state index in [9.17, 15) is 4.79 Å². The van der Waals surface area contributed by atoms with Crippen LogP contribution in [0.5, 0.6) is 0 Å². The molecule has 1 saturated carbocycles. The van der Waals surface area contributed by atoms with E-state index in [1.807, 2.05) is 55.6 Å². The summed E-state index contributed by atoms with van der Waals surface area (Å²) < 4.78 is 0. The van der Waals surface area contributed by atoms with E-state index in [0.29, 0.717) is 5.02 Å². The van der Waals surface area contributed by atoms with Crippen LogP contribution in [0.15, 0.2) is 53.7 Å². The quantitative estimate of drug-likeness (QED) is 0.765. The Hall–Kier alpha value is -2.53. The van der Waals surface area contributed by atoms with Crippen molar-refractivity contribution in [1.29, 1.82) is 0 Å². The van der Waals surface area contributed by atoms with Crippen LogP contribution in [0.2, 0.25) is 5.02 Å². The fraction of sp³-hybridized carbons (Fsp3) is 0.300. The van der Waals surface area contributed by atoms with Crippen molar-refractivity contribution >= 4 is 34.7 Å². The third-order valence-electron chi connectivity index (χ3n) is 5.67. The van der Waals surface area contributed by atoms with Crippen LogP contribution < -0.4 is 9.80 Å². The lowest BCUT2D eigenvalue weighted by atomic mass is 9.96. The van der Waals surface area contributed by atoms with Crippen molar-refractivity contribution in [1.82, 2.24) is 0 Å². The molecule has 0 radical (unpaired) electrons. The molecule has 2 aromatic carbocycles. The summed E-state index contributed by atoms with van der Waals surface area (Å²) in [4.78, 5) is 23.1. The normalized spacial score (nSPS) is 26.6. The van der Waals surface area contributed by atoms with Gasteiger partial charge in [-0.3, -0.25) is 9.69 Å². The lowest BCUT2D eigenvalue weighted by Gasteiger charge is -2.36. The SMILES string of the molecule is CN1C(=O)[C@@H]2CCC[C@@]23ON=C(c2ccc(Cl)cc2)N3c2ccccc21. The maximum Gasteiger partial charge on any atom is 0.236 e. The second-order valence-electron chi connectivity index (χ2n) is 7.02. The second kappa shape index (κ2) is 5.48. The summed E-state index contributed by atoms with van der Waals surface area (Å²) >= 11 is 6.05. The van der Waals surface area contributed by atoms with Gasteiger partial charge in [-0.25, -0.2) is 0 Å². The highest BCUT2D eigenvalue weighted by molar-refractivity contribution is 6.30. The third kappa shape index (κ3) is 1.98. The standard InChI is InChI=1S/C20H18ClN3O2/c1-23-16-6-2-3-7-17(16)24-18(13-8-10-14(21)11-9-13)22-26-20(24)12-4-5-15(20)19(23)25/h2-3,6-11,15H,4-5,12H2,1H3/t15-,20+/m0/s1. The number of amides is 1. The number of benzene rings is 2. The predicted octanol–water partition coefficient (Wildman–Crippen LogP) is 4.01. The summed E-state index contributed by atoms with van der Waals surface area (Å²) in [6.45, 7) is 0. The number of amidine groups is 1. The first kappa shape index (κ1) is 15.7. The molecule has 26 heavy (non-hydrogen) atoms. The smallest absolute Gasteiger partial charge is 0.236 e. The number of halogens is 1. The molecule has 0 saturated heterocycles. The number of nitrogens with zero attached hydrogens (tertiary/aromatic N) is 3. The van der Waals surface area contributed by atoms with Crippen molar-refractivity contribution in [3.8, 4) is 0 Å². The van der Waals surface area contributed by atoms with Crippen molar-refractivity contribution in [2.45, 2.75) is 25.0 Å². The predicted molar refractivity (Wildman–Crippen MR) is 101 cm³/mol. The van der Waals surface area contributed by atoms with Crippen molar-refractivity contribution < 1.29 is 9.63 Å². The highest BCUT2D eigenvalue weighted by Gasteiger charge is 2.60. The Morgan fingerprint density at radius 1 is 1.15 bits per heavy atom. The summed E-state index contributed by atoms with van der Waals surface area (Å²) in [5, 5.41) is 5.12. The monoisotopic (exact) mass is 367 g/mol. The van der Waals surface area contributed by atoms with Crippen molar-refractivity contribution in [3.05, 3.63) is 59.1 Å². The lowest BCUT2D eigenvalue weighted by molar-refractivity contribution is -0.131. The molecule has 1 aliphatic carbocycles. The van der Waals surface area contributed by atoms with Crippen molar-refractivity contribution in [3.63, 3.8) is 0 Å². The Morgan fingerprint density at radius 2 is 1.88 bits per heavy atom. The van der Waals surface area contributed by atoms with Crippen LogP contribution in [-0.4, -0.2) is 24.5 Å². The maximum atomic E-state index is 13.2. The average Bonchev–Trinajstić information content (AvgIpc) is 3.24. The largest absolute Gasteiger partial charge is 0.364 e. The van der Waals surface area contributed by atoms with Crippen LogP contribution in [0, 0.1) is 5.92 Å². The lowest BCUT2D eigenvalue weighted by Crippen LogP contribution is -2.53. The summed E-state index contributed by atoms with van der Waals surface area (Å²) in [7, 11) is 1.84. The zero-order valence-corrected chi connectivity index (χ0v) is 15.1. The summed E-state index contributed by atoms with van der Waals surface area (Å²) in [6.07, 6.45) is 2.51. The van der Waals surface area contributed by atoms with Gasteiger partial charge in [0.2, 0.25) is 11.6 Å². The molecule has 0 unspecified atom stereocenters. The van der Waals surface area contributed by atoms with Gasteiger partial charge >= 0.3 is 0 Å². The Bertz CT molecular complexity index is 927. The number of para-hydroxylation sites is 2. The number of anilines is 2. The van der Waals surface area contributed by atoms with Gasteiger partial charge in [0, 0.05) is 24.1 Å². The molecule has 0 aromatic heterocycles. The molecular weight excluding hydrogens is 350 g/mol. The van der Waals surface area contributed by atoms with E-state index in [-0.39, 0.29) is 11.8 Å². The number of hydrogen-bond acceptors (Lipinski definition) is 4. The summed E-state index contributed by atoms with van der Waals surface area (Å²) in [6, 6.07) is 15.5. The van der Waals surface area contributed by atoms with E-state index in [1.54, 1.807) is 4.90 Å². The Kier molecular flexibility index (Phi) is 3.31. The van der Waals surface area contributed by atoms with Crippen LogP contribution in [-0.2, 0) is 9.63 Å². The Morgan fingerprint density at radius 3 is 2.65 bits per heavy atom. The minimum atomic E-state index is -0.743. The highest BCUT2D eigenvalue weighted by Crippen LogP contribution is 2.52. The molecule has 3 aliphatic rings. The second-order valence-corrected chi connectivity index (χ2v) is 7.46. The van der Waals surface area contributed by atoms with Crippen LogP contribution in [0.25, 0.3) is 0 Å². The van der Waals surface area contributed by atoms with Gasteiger partial charge in [0.15, 0.2) is 5.84 Å². The summed E-state index contributed by atoms with van der Waals surface area (Å²) in [5.74, 6) is 0.572. The molecule has 5 nitrogen and oxygen atoms in total. The minimum Gasteiger partial charge on any atom is -0.364 e. The maximum absolute atomic E-state index is 13.2. The molecule has 1 spiro atoms. The highest BCUT2D eigenvalue weighted by atomic mass is 35.5. The van der Waals surface area contributed by atoms with Gasteiger partial charge in [0.25, 0.3) is 0 Å². The van der Waals surface area contributed by atoms with Gasteiger partial charge in [-0.1, -0.05) is 28.9 Å². The Labute approximate surface area is 156 Å². The molecule has 1 amide bonds. The molecular formula is C20H18ClN3O2. The molecule has 2 heterocycles. The first-order valence-corrected chi connectivity index (χ1v) is 9.18. The molecule has 2 aromatic rings. The van der Waals surface area contributed by atoms with Crippen LogP contribution in [0.4, 0.5) is 11.4 Å². The zero-order chi connectivity index (χ0) is 17.9. The minimum absolute atomic E-state index is 0.0880. The number of fused-ring (bicyclic) bond motifs is 2. The van der Waals surface area contributed by atoms with E-state index in [1.165, 1.54) is 0 Å². The van der Waals surface area contributed by atoms with E-state index in [4.69, 9.17) is 16.4 Å². The molecule has 0 N–H and O–H groups in total. The van der Waals surface area contributed by atoms with E-state index >= 15 is 0 Å². The average molecular weight is 368 g/mol. The van der Waals surface area contributed by atoms with Crippen molar-refractivity contribution in [2.75, 3.05) is 16.8 Å². The van der Waals surface area contributed by atoms with E-state index in [0.717, 1.165) is 42.0 Å². The number of carbonyl (C=O) groups is 1. The number of rotatable bonds is 1. The van der Waals surface area contributed by atoms with Gasteiger partial charge in [-0.15, -0.1) is 0 Å². The fourth-order valence-corrected chi connectivity index (χ4v) is 4.55. The van der Waals surface area contributed by atoms with Crippen LogP contribution in [0.3, 0.4) is 0 Å². The molecule has 5 rings (SSSR count). The molecule has 0 bridgehead atoms. The van der Waals surface area contributed by atoms with E-state index in [2.05, 4.69) is 10.1 Å². The van der Waals surface area contributed by atoms with Gasteiger partial charge in [-0.2, -0.15) is 0 Å². The van der Waals surface area contributed by atoms with Gasteiger partial charge in [0.1, 0.15) is 5.92 Å². The van der Waals surface area contributed by atoms with Crippen LogP contribution >= 0.6 is 11.6 Å². The number of carbonyl (C=O) groups excluding carboxylic acids is 1. The first-order chi connectivity index (χ1) is 12.6.